The molecule has 1 aromatic rings. The fourth-order valence-electron chi connectivity index (χ4n) is 1.91. The number of hydrogen-bond acceptors (Lipinski definition) is 5. The normalized spacial score (nSPS) is 19.7. The summed E-state index contributed by atoms with van der Waals surface area (Å²) in [6, 6.07) is 2.42. The Labute approximate surface area is 105 Å². The number of anilines is 1. The van der Waals surface area contributed by atoms with Crippen LogP contribution in [0.3, 0.4) is 0 Å². The molecule has 90 valence electrons. The van der Waals surface area contributed by atoms with Gasteiger partial charge in [0.05, 0.1) is 0 Å². The molecule has 0 spiro atoms. The SMILES string of the molecule is Cc1c(Cl)nnc(NC2CCCNC2)c1C#N. The first-order valence-corrected chi connectivity index (χ1v) is 6.00. The van der Waals surface area contributed by atoms with Gasteiger partial charge < -0.3 is 10.6 Å². The van der Waals surface area contributed by atoms with E-state index in [0.717, 1.165) is 25.9 Å². The van der Waals surface area contributed by atoms with Crippen LogP contribution in [0.4, 0.5) is 5.82 Å². The minimum Gasteiger partial charge on any atom is -0.363 e. The second-order valence-corrected chi connectivity index (χ2v) is 4.50. The summed E-state index contributed by atoms with van der Waals surface area (Å²) in [6.45, 7) is 3.71. The Kier molecular flexibility index (Phi) is 3.77. The van der Waals surface area contributed by atoms with Crippen LogP contribution in [0, 0.1) is 18.3 Å². The minimum absolute atomic E-state index is 0.286. The van der Waals surface area contributed by atoms with Crippen LogP contribution < -0.4 is 10.6 Å². The number of piperidine rings is 1. The third-order valence-electron chi connectivity index (χ3n) is 2.91. The van der Waals surface area contributed by atoms with Gasteiger partial charge in [0.25, 0.3) is 0 Å². The Morgan fingerprint density at radius 1 is 1.53 bits per heavy atom. The first-order chi connectivity index (χ1) is 8.22. The first kappa shape index (κ1) is 12.1. The maximum Gasteiger partial charge on any atom is 0.167 e. The summed E-state index contributed by atoms with van der Waals surface area (Å²) in [5.41, 5.74) is 1.16. The molecule has 0 aromatic carbocycles. The van der Waals surface area contributed by atoms with Crippen molar-refractivity contribution in [1.82, 2.24) is 15.5 Å². The summed E-state index contributed by atoms with van der Waals surface area (Å²) in [5, 5.41) is 23.8. The van der Waals surface area contributed by atoms with Crippen molar-refractivity contribution in [3.05, 3.63) is 16.3 Å². The Morgan fingerprint density at radius 2 is 2.35 bits per heavy atom. The van der Waals surface area contributed by atoms with Crippen LogP contribution in [0.2, 0.25) is 5.15 Å². The maximum absolute atomic E-state index is 9.12. The van der Waals surface area contributed by atoms with Crippen LogP contribution in [0.15, 0.2) is 0 Å². The van der Waals surface area contributed by atoms with E-state index in [-0.39, 0.29) is 5.15 Å². The lowest BCUT2D eigenvalue weighted by Gasteiger charge is -2.24. The van der Waals surface area contributed by atoms with Gasteiger partial charge in [-0.2, -0.15) is 5.26 Å². The van der Waals surface area contributed by atoms with Gasteiger partial charge in [0, 0.05) is 18.2 Å². The molecular weight excluding hydrogens is 238 g/mol. The number of nitrogens with zero attached hydrogens (tertiary/aromatic N) is 3. The molecule has 0 saturated carbocycles. The molecule has 6 heteroatoms. The smallest absolute Gasteiger partial charge is 0.167 e. The number of hydrogen-bond donors (Lipinski definition) is 2. The number of nitrogens with one attached hydrogen (secondary N) is 2. The zero-order valence-electron chi connectivity index (χ0n) is 9.63. The lowest BCUT2D eigenvalue weighted by molar-refractivity contribution is 0.478. The number of aromatic nitrogens is 2. The molecule has 0 aliphatic carbocycles. The maximum atomic E-state index is 9.12. The van der Waals surface area contributed by atoms with E-state index in [1.807, 2.05) is 0 Å². The molecule has 17 heavy (non-hydrogen) atoms. The molecule has 0 radical (unpaired) electrons. The Hall–Kier alpha value is -1.38. The molecule has 1 aliphatic heterocycles. The van der Waals surface area contributed by atoms with Gasteiger partial charge in [-0.05, 0) is 26.3 Å². The van der Waals surface area contributed by atoms with E-state index < -0.39 is 0 Å². The standard InChI is InChI=1S/C11H14ClN5/c1-7-9(5-13)11(17-16-10(7)12)15-8-3-2-4-14-6-8/h8,14H,2-4,6H2,1H3,(H,15,17). The average Bonchev–Trinajstić information content (AvgIpc) is 2.36. The highest BCUT2D eigenvalue weighted by atomic mass is 35.5. The number of rotatable bonds is 2. The van der Waals surface area contributed by atoms with Crippen molar-refractivity contribution < 1.29 is 0 Å². The van der Waals surface area contributed by atoms with E-state index in [2.05, 4.69) is 26.9 Å². The highest BCUT2D eigenvalue weighted by molar-refractivity contribution is 6.30. The largest absolute Gasteiger partial charge is 0.363 e. The van der Waals surface area contributed by atoms with Gasteiger partial charge in [-0.3, -0.25) is 0 Å². The summed E-state index contributed by atoms with van der Waals surface area (Å²) in [5.74, 6) is 0.531. The summed E-state index contributed by atoms with van der Waals surface area (Å²) in [4.78, 5) is 0. The van der Waals surface area contributed by atoms with Gasteiger partial charge in [-0.25, -0.2) is 0 Å². The number of nitriles is 1. The molecule has 1 fully saturated rings. The fraction of sp³-hybridized carbons (Fsp3) is 0.545. The summed E-state index contributed by atoms with van der Waals surface area (Å²) in [6.07, 6.45) is 2.20. The Bertz CT molecular complexity index is 448. The van der Waals surface area contributed by atoms with E-state index in [0.29, 0.717) is 23.0 Å². The fourth-order valence-corrected chi connectivity index (χ4v) is 2.04. The van der Waals surface area contributed by atoms with Crippen molar-refractivity contribution in [3.63, 3.8) is 0 Å². The molecule has 2 rings (SSSR count). The highest BCUT2D eigenvalue weighted by Gasteiger charge is 2.17. The first-order valence-electron chi connectivity index (χ1n) is 5.62. The minimum atomic E-state index is 0.286. The lowest BCUT2D eigenvalue weighted by atomic mass is 10.1. The summed E-state index contributed by atoms with van der Waals surface area (Å²) < 4.78 is 0. The third kappa shape index (κ3) is 2.65. The van der Waals surface area contributed by atoms with Crippen LogP contribution in [-0.4, -0.2) is 29.3 Å². The lowest BCUT2D eigenvalue weighted by Crippen LogP contribution is -2.38. The highest BCUT2D eigenvalue weighted by Crippen LogP contribution is 2.22. The van der Waals surface area contributed by atoms with E-state index >= 15 is 0 Å². The van der Waals surface area contributed by atoms with Crippen LogP contribution in [0.5, 0.6) is 0 Å². The van der Waals surface area contributed by atoms with Gasteiger partial charge in [0.1, 0.15) is 11.6 Å². The predicted molar refractivity (Wildman–Crippen MR) is 66.0 cm³/mol. The topological polar surface area (TPSA) is 73.6 Å². The van der Waals surface area contributed by atoms with Crippen molar-refractivity contribution in [1.29, 1.82) is 5.26 Å². The molecule has 1 atom stereocenters. The van der Waals surface area contributed by atoms with Crippen LogP contribution in [-0.2, 0) is 0 Å². The Morgan fingerprint density at radius 3 is 3.00 bits per heavy atom. The second-order valence-electron chi connectivity index (χ2n) is 4.14. The van der Waals surface area contributed by atoms with E-state index in [4.69, 9.17) is 16.9 Å². The molecule has 0 amide bonds. The van der Waals surface area contributed by atoms with Crippen molar-refractivity contribution in [2.75, 3.05) is 18.4 Å². The van der Waals surface area contributed by atoms with E-state index in [1.165, 1.54) is 0 Å². The molecule has 2 heterocycles. The third-order valence-corrected chi connectivity index (χ3v) is 3.27. The van der Waals surface area contributed by atoms with Gasteiger partial charge in [-0.15, -0.1) is 10.2 Å². The molecule has 1 saturated heterocycles. The molecular formula is C11H14ClN5. The average molecular weight is 252 g/mol. The molecule has 1 aliphatic rings. The molecule has 0 bridgehead atoms. The zero-order chi connectivity index (χ0) is 12.3. The monoisotopic (exact) mass is 251 g/mol. The summed E-state index contributed by atoms with van der Waals surface area (Å²) >= 11 is 5.84. The van der Waals surface area contributed by atoms with Crippen LogP contribution in [0.25, 0.3) is 0 Å². The molecule has 1 unspecified atom stereocenters. The van der Waals surface area contributed by atoms with Crippen molar-refractivity contribution in [3.8, 4) is 6.07 Å². The quantitative estimate of drug-likeness (QED) is 0.833. The Balaban J connectivity index is 2.20. The van der Waals surface area contributed by atoms with Crippen LogP contribution >= 0.6 is 11.6 Å². The van der Waals surface area contributed by atoms with E-state index in [1.54, 1.807) is 6.92 Å². The van der Waals surface area contributed by atoms with Gasteiger partial charge >= 0.3 is 0 Å². The second kappa shape index (κ2) is 5.30. The van der Waals surface area contributed by atoms with Crippen molar-refractivity contribution in [2.24, 2.45) is 0 Å². The summed E-state index contributed by atoms with van der Waals surface area (Å²) in [7, 11) is 0. The van der Waals surface area contributed by atoms with Crippen molar-refractivity contribution in [2.45, 2.75) is 25.8 Å². The predicted octanol–water partition coefficient (Wildman–Crippen LogP) is 1.47. The number of halogens is 1. The van der Waals surface area contributed by atoms with Gasteiger partial charge in [-0.1, -0.05) is 11.6 Å². The van der Waals surface area contributed by atoms with Gasteiger partial charge in [0.15, 0.2) is 11.0 Å². The van der Waals surface area contributed by atoms with E-state index in [9.17, 15) is 0 Å². The molecule has 2 N–H and O–H groups in total. The molecule has 1 aromatic heterocycles. The zero-order valence-corrected chi connectivity index (χ0v) is 10.4. The molecule has 5 nitrogen and oxygen atoms in total. The van der Waals surface area contributed by atoms with Crippen LogP contribution in [0.1, 0.15) is 24.0 Å². The van der Waals surface area contributed by atoms with Crippen molar-refractivity contribution >= 4 is 17.4 Å². The van der Waals surface area contributed by atoms with Gasteiger partial charge in [0.2, 0.25) is 0 Å².